The molecule has 0 saturated carbocycles. The highest BCUT2D eigenvalue weighted by molar-refractivity contribution is 6.31. The summed E-state index contributed by atoms with van der Waals surface area (Å²) in [5.41, 5.74) is 2.31. The first-order valence-electron chi connectivity index (χ1n) is 8.75. The van der Waals surface area contributed by atoms with E-state index in [0.717, 1.165) is 44.7 Å². The Bertz CT molecular complexity index is 684. The molecule has 132 valence electrons. The summed E-state index contributed by atoms with van der Waals surface area (Å²) in [6.07, 6.45) is 1.06. The van der Waals surface area contributed by atoms with Crippen LogP contribution in [0.4, 0.5) is 4.79 Å². The van der Waals surface area contributed by atoms with Crippen LogP contribution in [-0.2, 0) is 13.0 Å². The van der Waals surface area contributed by atoms with Crippen molar-refractivity contribution in [3.63, 3.8) is 0 Å². The van der Waals surface area contributed by atoms with Crippen molar-refractivity contribution in [1.82, 2.24) is 15.1 Å². The molecule has 0 atom stereocenters. The Balaban J connectivity index is 1.39. The van der Waals surface area contributed by atoms with Gasteiger partial charge in [0.25, 0.3) is 0 Å². The Morgan fingerprint density at radius 1 is 0.960 bits per heavy atom. The van der Waals surface area contributed by atoms with Crippen molar-refractivity contribution in [2.24, 2.45) is 0 Å². The number of benzene rings is 2. The van der Waals surface area contributed by atoms with Crippen LogP contribution in [0.2, 0.25) is 5.02 Å². The number of rotatable bonds is 5. The monoisotopic (exact) mass is 357 g/mol. The number of piperazine rings is 1. The first-order chi connectivity index (χ1) is 12.2. The summed E-state index contributed by atoms with van der Waals surface area (Å²) < 4.78 is 0. The summed E-state index contributed by atoms with van der Waals surface area (Å²) in [7, 11) is 0. The van der Waals surface area contributed by atoms with E-state index in [1.54, 1.807) is 0 Å². The highest BCUT2D eigenvalue weighted by atomic mass is 35.5. The lowest BCUT2D eigenvalue weighted by molar-refractivity contribution is 0.140. The standard InChI is InChI=1S/C20H24ClN3O/c21-19-9-5-4-8-18(19)16-22-20(25)24-14-12-23(13-15-24)11-10-17-6-2-1-3-7-17/h1-9H,10-16H2,(H,22,25). The minimum Gasteiger partial charge on any atom is -0.334 e. The molecule has 1 heterocycles. The molecule has 1 aliphatic heterocycles. The maximum atomic E-state index is 12.3. The van der Waals surface area contributed by atoms with E-state index in [4.69, 9.17) is 11.6 Å². The van der Waals surface area contributed by atoms with Gasteiger partial charge in [0.15, 0.2) is 0 Å². The third kappa shape index (κ3) is 5.21. The quantitative estimate of drug-likeness (QED) is 0.890. The first kappa shape index (κ1) is 17.8. The van der Waals surface area contributed by atoms with Crippen molar-refractivity contribution >= 4 is 17.6 Å². The van der Waals surface area contributed by atoms with E-state index in [9.17, 15) is 4.79 Å². The summed E-state index contributed by atoms with van der Waals surface area (Å²) in [6, 6.07) is 18.1. The van der Waals surface area contributed by atoms with E-state index in [0.29, 0.717) is 11.6 Å². The van der Waals surface area contributed by atoms with E-state index in [-0.39, 0.29) is 6.03 Å². The normalized spacial score (nSPS) is 15.2. The third-order valence-electron chi connectivity index (χ3n) is 4.61. The fraction of sp³-hybridized carbons (Fsp3) is 0.350. The predicted octanol–water partition coefficient (Wildman–Crippen LogP) is 3.41. The van der Waals surface area contributed by atoms with Crippen LogP contribution in [0.1, 0.15) is 11.1 Å². The Hall–Kier alpha value is -2.04. The van der Waals surface area contributed by atoms with Gasteiger partial charge >= 0.3 is 6.03 Å². The molecule has 0 aliphatic carbocycles. The number of halogens is 1. The average molecular weight is 358 g/mol. The van der Waals surface area contributed by atoms with Crippen molar-refractivity contribution in [2.75, 3.05) is 32.7 Å². The van der Waals surface area contributed by atoms with Crippen molar-refractivity contribution in [1.29, 1.82) is 0 Å². The minimum atomic E-state index is -0.0115. The van der Waals surface area contributed by atoms with Gasteiger partial charge in [-0.15, -0.1) is 0 Å². The maximum absolute atomic E-state index is 12.3. The fourth-order valence-electron chi connectivity index (χ4n) is 3.03. The Morgan fingerprint density at radius 3 is 2.36 bits per heavy atom. The molecule has 4 nitrogen and oxygen atoms in total. The van der Waals surface area contributed by atoms with Crippen molar-refractivity contribution < 1.29 is 4.79 Å². The second-order valence-corrected chi connectivity index (χ2v) is 6.72. The molecule has 1 fully saturated rings. The van der Waals surface area contributed by atoms with Gasteiger partial charge < -0.3 is 10.2 Å². The fourth-order valence-corrected chi connectivity index (χ4v) is 3.23. The summed E-state index contributed by atoms with van der Waals surface area (Å²) in [4.78, 5) is 16.6. The van der Waals surface area contributed by atoms with E-state index in [1.165, 1.54) is 5.56 Å². The van der Waals surface area contributed by atoms with Crippen LogP contribution in [0.3, 0.4) is 0 Å². The number of hydrogen-bond donors (Lipinski definition) is 1. The van der Waals surface area contributed by atoms with Crippen LogP contribution in [0.5, 0.6) is 0 Å². The SMILES string of the molecule is O=C(NCc1ccccc1Cl)N1CCN(CCc2ccccc2)CC1. The van der Waals surface area contributed by atoms with Crippen LogP contribution in [0.25, 0.3) is 0 Å². The Morgan fingerprint density at radius 2 is 1.64 bits per heavy atom. The number of nitrogens with zero attached hydrogens (tertiary/aromatic N) is 2. The zero-order chi connectivity index (χ0) is 17.5. The summed E-state index contributed by atoms with van der Waals surface area (Å²) >= 11 is 6.13. The molecule has 5 heteroatoms. The van der Waals surface area contributed by atoms with Gasteiger partial charge in [-0.1, -0.05) is 60.1 Å². The van der Waals surface area contributed by atoms with Gasteiger partial charge in [0.1, 0.15) is 0 Å². The molecule has 2 aromatic rings. The molecule has 25 heavy (non-hydrogen) atoms. The molecular formula is C20H24ClN3O. The van der Waals surface area contributed by atoms with Gasteiger partial charge in [0, 0.05) is 44.3 Å². The second-order valence-electron chi connectivity index (χ2n) is 6.31. The molecule has 3 rings (SSSR count). The maximum Gasteiger partial charge on any atom is 0.317 e. The third-order valence-corrected chi connectivity index (χ3v) is 4.98. The molecule has 0 unspecified atom stereocenters. The number of urea groups is 1. The van der Waals surface area contributed by atoms with Gasteiger partial charge in [-0.3, -0.25) is 4.90 Å². The molecule has 1 N–H and O–H groups in total. The summed E-state index contributed by atoms with van der Waals surface area (Å²) in [5.74, 6) is 0. The van der Waals surface area contributed by atoms with Crippen molar-refractivity contribution in [3.8, 4) is 0 Å². The van der Waals surface area contributed by atoms with Gasteiger partial charge in [-0.25, -0.2) is 4.79 Å². The smallest absolute Gasteiger partial charge is 0.317 e. The zero-order valence-corrected chi connectivity index (χ0v) is 15.1. The highest BCUT2D eigenvalue weighted by Gasteiger charge is 2.20. The van der Waals surface area contributed by atoms with Gasteiger partial charge in [0.2, 0.25) is 0 Å². The summed E-state index contributed by atoms with van der Waals surface area (Å²) in [6.45, 7) is 4.89. The molecule has 0 radical (unpaired) electrons. The minimum absolute atomic E-state index is 0.0115. The topological polar surface area (TPSA) is 35.6 Å². The Labute approximate surface area is 154 Å². The molecule has 2 aromatic carbocycles. The first-order valence-corrected chi connectivity index (χ1v) is 9.12. The summed E-state index contributed by atoms with van der Waals surface area (Å²) in [5, 5.41) is 3.65. The molecule has 2 amide bonds. The molecule has 1 aliphatic rings. The van der Waals surface area contributed by atoms with Crippen molar-refractivity contribution in [2.45, 2.75) is 13.0 Å². The van der Waals surface area contributed by atoms with Gasteiger partial charge in [-0.2, -0.15) is 0 Å². The van der Waals surface area contributed by atoms with Crippen LogP contribution >= 0.6 is 11.6 Å². The van der Waals surface area contributed by atoms with Gasteiger partial charge in [-0.05, 0) is 23.6 Å². The lowest BCUT2D eigenvalue weighted by Crippen LogP contribution is -2.51. The van der Waals surface area contributed by atoms with Crippen LogP contribution < -0.4 is 5.32 Å². The lowest BCUT2D eigenvalue weighted by Gasteiger charge is -2.34. The lowest BCUT2D eigenvalue weighted by atomic mass is 10.1. The van der Waals surface area contributed by atoms with Crippen LogP contribution in [0, 0.1) is 0 Å². The van der Waals surface area contributed by atoms with Crippen LogP contribution in [-0.4, -0.2) is 48.6 Å². The predicted molar refractivity (Wildman–Crippen MR) is 102 cm³/mol. The zero-order valence-electron chi connectivity index (χ0n) is 14.3. The number of hydrogen-bond acceptors (Lipinski definition) is 2. The number of carbonyl (C=O) groups is 1. The van der Waals surface area contributed by atoms with Crippen molar-refractivity contribution in [3.05, 3.63) is 70.7 Å². The molecule has 0 aromatic heterocycles. The molecule has 0 bridgehead atoms. The highest BCUT2D eigenvalue weighted by Crippen LogP contribution is 2.14. The molecular weight excluding hydrogens is 334 g/mol. The second kappa shape index (κ2) is 8.88. The van der Waals surface area contributed by atoms with E-state index in [1.807, 2.05) is 35.2 Å². The average Bonchev–Trinajstić information content (AvgIpc) is 2.67. The number of nitrogens with one attached hydrogen (secondary N) is 1. The van der Waals surface area contributed by atoms with E-state index >= 15 is 0 Å². The number of amides is 2. The van der Waals surface area contributed by atoms with E-state index in [2.05, 4.69) is 34.5 Å². The van der Waals surface area contributed by atoms with Crippen LogP contribution in [0.15, 0.2) is 54.6 Å². The van der Waals surface area contributed by atoms with E-state index < -0.39 is 0 Å². The number of carbonyl (C=O) groups excluding carboxylic acids is 1. The van der Waals surface area contributed by atoms with Gasteiger partial charge in [0.05, 0.1) is 0 Å². The molecule has 0 spiro atoms. The molecule has 1 saturated heterocycles. The Kier molecular flexibility index (Phi) is 6.31. The largest absolute Gasteiger partial charge is 0.334 e.